The Kier molecular flexibility index (Phi) is 7.25. The van der Waals surface area contributed by atoms with Crippen LogP contribution in [0.4, 0.5) is 5.69 Å². The van der Waals surface area contributed by atoms with Crippen LogP contribution in [0.2, 0.25) is 0 Å². The molecule has 3 aromatic carbocycles. The highest BCUT2D eigenvalue weighted by atomic mass is 32.2. The fourth-order valence-corrected chi connectivity index (χ4v) is 6.39. The maximum atomic E-state index is 13.4. The van der Waals surface area contributed by atoms with E-state index < -0.39 is 16.1 Å². The lowest BCUT2D eigenvalue weighted by Gasteiger charge is -2.34. The van der Waals surface area contributed by atoms with Crippen molar-refractivity contribution in [2.45, 2.75) is 37.8 Å². The van der Waals surface area contributed by atoms with E-state index in [9.17, 15) is 13.2 Å². The molecule has 188 valence electrons. The lowest BCUT2D eigenvalue weighted by molar-refractivity contribution is -0.127. The lowest BCUT2D eigenvalue weighted by Crippen LogP contribution is -2.50. The van der Waals surface area contributed by atoms with E-state index in [2.05, 4.69) is 22.3 Å². The van der Waals surface area contributed by atoms with Gasteiger partial charge in [-0.1, -0.05) is 66.7 Å². The maximum Gasteiger partial charge on any atom is 0.263 e. The first kappa shape index (κ1) is 24.3. The molecule has 36 heavy (non-hydrogen) atoms. The van der Waals surface area contributed by atoms with E-state index in [1.54, 1.807) is 36.4 Å². The number of carbonyl (C=O) groups excluding carboxylic acids is 1. The van der Waals surface area contributed by atoms with Gasteiger partial charge in [-0.2, -0.15) is 0 Å². The number of sulfonamides is 1. The van der Waals surface area contributed by atoms with Crippen molar-refractivity contribution in [3.05, 3.63) is 95.6 Å². The number of anilines is 1. The van der Waals surface area contributed by atoms with E-state index in [-0.39, 0.29) is 18.2 Å². The molecule has 1 fully saturated rings. The molecule has 2 heterocycles. The molecule has 3 aromatic rings. The average molecular weight is 506 g/mol. The summed E-state index contributed by atoms with van der Waals surface area (Å²) in [6, 6.07) is 24.2. The highest BCUT2D eigenvalue weighted by molar-refractivity contribution is 7.92. The highest BCUT2D eigenvalue weighted by Gasteiger charge is 2.36. The summed E-state index contributed by atoms with van der Waals surface area (Å²) in [6.07, 6.45) is 1.55. The third-order valence-corrected chi connectivity index (χ3v) is 8.33. The van der Waals surface area contributed by atoms with Gasteiger partial charge < -0.3 is 10.1 Å². The van der Waals surface area contributed by atoms with Crippen LogP contribution in [0.5, 0.6) is 5.75 Å². The van der Waals surface area contributed by atoms with Gasteiger partial charge in [0.15, 0.2) is 6.10 Å². The predicted octanol–water partition coefficient (Wildman–Crippen LogP) is 3.70. The van der Waals surface area contributed by atoms with Crippen molar-refractivity contribution >= 4 is 21.6 Å². The Morgan fingerprint density at radius 3 is 2.39 bits per heavy atom. The van der Waals surface area contributed by atoms with Gasteiger partial charge in [0.05, 0.1) is 18.0 Å². The van der Waals surface area contributed by atoms with Crippen LogP contribution in [0.3, 0.4) is 0 Å². The van der Waals surface area contributed by atoms with E-state index >= 15 is 0 Å². The molecule has 0 aromatic heterocycles. The van der Waals surface area contributed by atoms with Crippen LogP contribution < -0.4 is 14.4 Å². The van der Waals surface area contributed by atoms with Gasteiger partial charge in [-0.25, -0.2) is 8.42 Å². The van der Waals surface area contributed by atoms with E-state index in [1.807, 2.05) is 30.3 Å². The van der Waals surface area contributed by atoms with Crippen molar-refractivity contribution in [3.63, 3.8) is 0 Å². The van der Waals surface area contributed by atoms with Gasteiger partial charge in [-0.15, -0.1) is 0 Å². The van der Waals surface area contributed by atoms with Gasteiger partial charge in [0, 0.05) is 13.1 Å². The van der Waals surface area contributed by atoms with E-state index in [0.717, 1.165) is 25.2 Å². The smallest absolute Gasteiger partial charge is 0.263 e. The number of nitrogens with one attached hydrogen (secondary N) is 1. The van der Waals surface area contributed by atoms with Crippen molar-refractivity contribution in [2.75, 3.05) is 23.9 Å². The Morgan fingerprint density at radius 1 is 0.889 bits per heavy atom. The van der Waals surface area contributed by atoms with E-state index in [0.29, 0.717) is 23.5 Å². The zero-order chi connectivity index (χ0) is 25.0. The fourth-order valence-electron chi connectivity index (χ4n) is 4.80. The molecule has 7 nitrogen and oxygen atoms in total. The van der Waals surface area contributed by atoms with Gasteiger partial charge in [0.25, 0.3) is 5.91 Å². The summed E-state index contributed by atoms with van der Waals surface area (Å²) in [7, 11) is -3.73. The number of fused-ring (bicyclic) bond motifs is 1. The van der Waals surface area contributed by atoms with Crippen LogP contribution in [-0.2, 0) is 33.7 Å². The molecule has 5 rings (SSSR count). The molecular formula is C28H31N3O4S. The molecule has 8 heteroatoms. The van der Waals surface area contributed by atoms with E-state index in [4.69, 9.17) is 4.74 Å². The van der Waals surface area contributed by atoms with Crippen LogP contribution in [0.1, 0.15) is 29.5 Å². The molecule has 1 amide bonds. The number of hydrogen-bond acceptors (Lipinski definition) is 5. The number of ether oxygens (including phenoxy) is 1. The number of rotatable bonds is 8. The Labute approximate surface area is 212 Å². The monoisotopic (exact) mass is 505 g/mol. The first-order valence-electron chi connectivity index (χ1n) is 12.4. The second-order valence-electron chi connectivity index (χ2n) is 9.37. The Hall–Kier alpha value is -3.36. The molecule has 0 saturated carbocycles. The molecule has 1 unspecified atom stereocenters. The fraction of sp³-hybridized carbons (Fsp3) is 0.321. The van der Waals surface area contributed by atoms with Crippen LogP contribution in [-0.4, -0.2) is 45.0 Å². The zero-order valence-electron chi connectivity index (χ0n) is 20.2. The van der Waals surface area contributed by atoms with Crippen LogP contribution in [0.25, 0.3) is 0 Å². The molecule has 2 aliphatic heterocycles. The first-order chi connectivity index (χ1) is 17.5. The van der Waals surface area contributed by atoms with Crippen molar-refractivity contribution in [1.82, 2.24) is 10.2 Å². The summed E-state index contributed by atoms with van der Waals surface area (Å²) in [5.41, 5.74) is 3.37. The molecule has 1 atom stereocenters. The third kappa shape index (κ3) is 5.71. The lowest BCUT2D eigenvalue weighted by atomic mass is 10.1. The van der Waals surface area contributed by atoms with Crippen LogP contribution in [0.15, 0.2) is 78.9 Å². The number of amides is 1. The van der Waals surface area contributed by atoms with Crippen molar-refractivity contribution in [3.8, 4) is 5.75 Å². The number of likely N-dealkylation sites (tertiary alicyclic amines) is 1. The third-order valence-electron chi connectivity index (χ3n) is 6.62. The minimum Gasteiger partial charge on any atom is -0.476 e. The Morgan fingerprint density at radius 2 is 1.58 bits per heavy atom. The molecule has 0 radical (unpaired) electrons. The van der Waals surface area contributed by atoms with Crippen molar-refractivity contribution in [1.29, 1.82) is 0 Å². The molecule has 0 bridgehead atoms. The van der Waals surface area contributed by atoms with E-state index in [1.165, 1.54) is 22.7 Å². The zero-order valence-corrected chi connectivity index (χ0v) is 21.0. The highest BCUT2D eigenvalue weighted by Crippen LogP contribution is 2.35. The van der Waals surface area contributed by atoms with Crippen molar-refractivity contribution in [2.24, 2.45) is 0 Å². The van der Waals surface area contributed by atoms with Crippen molar-refractivity contribution < 1.29 is 17.9 Å². The van der Waals surface area contributed by atoms with Gasteiger partial charge in [0.2, 0.25) is 10.0 Å². The Balaban J connectivity index is 1.27. The quantitative estimate of drug-likeness (QED) is 0.505. The summed E-state index contributed by atoms with van der Waals surface area (Å²) in [5.74, 6) is -0.108. The van der Waals surface area contributed by atoms with Gasteiger partial charge >= 0.3 is 0 Å². The summed E-state index contributed by atoms with van der Waals surface area (Å²) >= 11 is 0. The normalized spacial score (nSPS) is 17.9. The molecule has 0 aliphatic carbocycles. The summed E-state index contributed by atoms with van der Waals surface area (Å²) in [6.45, 7) is 3.45. The minimum atomic E-state index is -3.73. The second-order valence-corrected chi connectivity index (χ2v) is 11.3. The minimum absolute atomic E-state index is 0.0764. The second kappa shape index (κ2) is 10.7. The maximum absolute atomic E-state index is 13.4. The molecule has 0 spiro atoms. The molecule has 1 saturated heterocycles. The topological polar surface area (TPSA) is 79.0 Å². The summed E-state index contributed by atoms with van der Waals surface area (Å²) in [5, 5.41) is 2.94. The number of hydrogen-bond donors (Lipinski definition) is 1. The first-order valence-corrected chi connectivity index (χ1v) is 14.0. The van der Waals surface area contributed by atoms with Gasteiger partial charge in [-0.3, -0.25) is 14.0 Å². The number of para-hydroxylation sites is 2. The molecule has 2 aliphatic rings. The number of nitrogens with zero attached hydrogens (tertiary/aromatic N) is 2. The predicted molar refractivity (Wildman–Crippen MR) is 140 cm³/mol. The van der Waals surface area contributed by atoms with Crippen LogP contribution in [0, 0.1) is 0 Å². The Bertz CT molecular complexity index is 1310. The SMILES string of the molecule is O=C(NCc1cccc(CN2CCCC2)c1)C1CN(S(=O)(=O)Cc2ccccc2)c2ccccc2O1. The molecule has 1 N–H and O–H groups in total. The summed E-state index contributed by atoms with van der Waals surface area (Å²) < 4.78 is 34.0. The van der Waals surface area contributed by atoms with Gasteiger partial charge in [0.1, 0.15) is 5.75 Å². The molecular weight excluding hydrogens is 474 g/mol. The van der Waals surface area contributed by atoms with Gasteiger partial charge in [-0.05, 0) is 54.8 Å². The average Bonchev–Trinajstić information content (AvgIpc) is 3.40. The number of benzene rings is 3. The van der Waals surface area contributed by atoms with Crippen LogP contribution >= 0.6 is 0 Å². The summed E-state index contributed by atoms with van der Waals surface area (Å²) in [4.78, 5) is 15.5. The largest absolute Gasteiger partial charge is 0.476 e. The standard InChI is InChI=1S/C28H31N3O4S/c32-28(29-18-23-11-8-12-24(17-23)19-30-15-6-7-16-30)27-20-31(25-13-4-5-14-26(25)35-27)36(33,34)21-22-9-2-1-3-10-22/h1-5,8-14,17,27H,6-7,15-16,18-21H2,(H,29,32). The number of carbonyl (C=O) groups is 1.